The minimum Gasteiger partial charge on any atom is -0.481 e. The fourth-order valence-electron chi connectivity index (χ4n) is 2.89. The maximum atomic E-state index is 13.2. The third-order valence-electron chi connectivity index (χ3n) is 4.09. The van der Waals surface area contributed by atoms with Crippen molar-refractivity contribution in [3.8, 4) is 0 Å². The van der Waals surface area contributed by atoms with Crippen LogP contribution in [0.5, 0.6) is 0 Å². The summed E-state index contributed by atoms with van der Waals surface area (Å²) in [5, 5.41) is 9.01. The summed E-state index contributed by atoms with van der Waals surface area (Å²) in [6.07, 6.45) is 1.59. The SMILES string of the molecule is CCN(Cc1cccc(F)c1)C(=O)C1CCC(C(=O)O)C1. The molecule has 1 aromatic rings. The van der Waals surface area contributed by atoms with E-state index < -0.39 is 11.9 Å². The number of carboxylic acid groups (broad SMARTS) is 1. The summed E-state index contributed by atoms with van der Waals surface area (Å²) in [4.78, 5) is 25.1. The number of nitrogens with zero attached hydrogens (tertiary/aromatic N) is 1. The lowest BCUT2D eigenvalue weighted by Gasteiger charge is -2.24. The number of benzene rings is 1. The largest absolute Gasteiger partial charge is 0.481 e. The molecule has 0 spiro atoms. The molecular formula is C16H20FNO3. The normalized spacial score (nSPS) is 21.2. The first-order chi connectivity index (χ1) is 10.0. The van der Waals surface area contributed by atoms with E-state index >= 15 is 0 Å². The third kappa shape index (κ3) is 3.80. The lowest BCUT2D eigenvalue weighted by molar-refractivity contribution is -0.141. The average Bonchev–Trinajstić information content (AvgIpc) is 2.94. The number of hydrogen-bond acceptors (Lipinski definition) is 2. The second-order valence-electron chi connectivity index (χ2n) is 5.53. The molecule has 1 aliphatic rings. The highest BCUT2D eigenvalue weighted by Crippen LogP contribution is 2.32. The standard InChI is InChI=1S/C16H20FNO3/c1-2-18(10-11-4-3-5-14(17)8-11)15(19)12-6-7-13(9-12)16(20)21/h3-5,8,12-13H,2,6-7,9-10H2,1H3,(H,20,21). The topological polar surface area (TPSA) is 57.6 Å². The quantitative estimate of drug-likeness (QED) is 0.908. The smallest absolute Gasteiger partial charge is 0.306 e. The van der Waals surface area contributed by atoms with Gasteiger partial charge in [0.1, 0.15) is 5.82 Å². The van der Waals surface area contributed by atoms with Crippen molar-refractivity contribution in [2.24, 2.45) is 11.8 Å². The van der Waals surface area contributed by atoms with Crippen molar-refractivity contribution in [3.05, 3.63) is 35.6 Å². The number of rotatable bonds is 5. The predicted molar refractivity (Wildman–Crippen MR) is 76.0 cm³/mol. The number of carbonyl (C=O) groups excluding carboxylic acids is 1. The molecule has 4 nitrogen and oxygen atoms in total. The van der Waals surface area contributed by atoms with Gasteiger partial charge < -0.3 is 10.0 Å². The van der Waals surface area contributed by atoms with Crippen LogP contribution in [-0.2, 0) is 16.1 Å². The zero-order valence-corrected chi connectivity index (χ0v) is 12.1. The van der Waals surface area contributed by atoms with Crippen LogP contribution in [0.3, 0.4) is 0 Å². The third-order valence-corrected chi connectivity index (χ3v) is 4.09. The highest BCUT2D eigenvalue weighted by Gasteiger charge is 2.35. The fourth-order valence-corrected chi connectivity index (χ4v) is 2.89. The number of aliphatic carboxylic acids is 1. The Morgan fingerprint density at radius 2 is 2.05 bits per heavy atom. The van der Waals surface area contributed by atoms with Crippen molar-refractivity contribution in [2.75, 3.05) is 6.54 Å². The van der Waals surface area contributed by atoms with Gasteiger partial charge in [-0.05, 0) is 43.9 Å². The molecule has 1 fully saturated rings. The Morgan fingerprint density at radius 3 is 2.62 bits per heavy atom. The Bertz CT molecular complexity index is 532. The van der Waals surface area contributed by atoms with Gasteiger partial charge in [0.05, 0.1) is 5.92 Å². The number of carboxylic acids is 1. The van der Waals surface area contributed by atoms with Crippen molar-refractivity contribution in [3.63, 3.8) is 0 Å². The Balaban J connectivity index is 2.01. The second kappa shape index (κ2) is 6.70. The van der Waals surface area contributed by atoms with Crippen molar-refractivity contribution in [1.29, 1.82) is 0 Å². The van der Waals surface area contributed by atoms with Crippen LogP contribution in [0.25, 0.3) is 0 Å². The number of hydrogen-bond donors (Lipinski definition) is 1. The summed E-state index contributed by atoms with van der Waals surface area (Å²) in [6, 6.07) is 6.20. The van der Waals surface area contributed by atoms with Crippen LogP contribution in [0, 0.1) is 17.7 Å². The van der Waals surface area contributed by atoms with Crippen LogP contribution in [0.1, 0.15) is 31.7 Å². The van der Waals surface area contributed by atoms with Crippen LogP contribution in [0.2, 0.25) is 0 Å². The van der Waals surface area contributed by atoms with Crippen LogP contribution < -0.4 is 0 Å². The molecule has 5 heteroatoms. The monoisotopic (exact) mass is 293 g/mol. The Kier molecular flexibility index (Phi) is 4.94. The van der Waals surface area contributed by atoms with E-state index in [4.69, 9.17) is 5.11 Å². The molecule has 1 saturated carbocycles. The molecule has 0 radical (unpaired) electrons. The van der Waals surface area contributed by atoms with Gasteiger partial charge in [0.2, 0.25) is 5.91 Å². The molecule has 0 heterocycles. The van der Waals surface area contributed by atoms with Gasteiger partial charge in [-0.25, -0.2) is 4.39 Å². The highest BCUT2D eigenvalue weighted by molar-refractivity contribution is 5.81. The number of halogens is 1. The van der Waals surface area contributed by atoms with Gasteiger partial charge in [-0.2, -0.15) is 0 Å². The zero-order chi connectivity index (χ0) is 15.4. The molecule has 2 unspecified atom stereocenters. The molecule has 2 rings (SSSR count). The van der Waals surface area contributed by atoms with Gasteiger partial charge in [0.15, 0.2) is 0 Å². The fraction of sp³-hybridized carbons (Fsp3) is 0.500. The molecule has 0 aromatic heterocycles. The first-order valence-electron chi connectivity index (χ1n) is 7.27. The molecule has 2 atom stereocenters. The van der Waals surface area contributed by atoms with E-state index in [0.717, 1.165) is 5.56 Å². The second-order valence-corrected chi connectivity index (χ2v) is 5.53. The van der Waals surface area contributed by atoms with E-state index in [9.17, 15) is 14.0 Å². The lowest BCUT2D eigenvalue weighted by Crippen LogP contribution is -2.35. The van der Waals surface area contributed by atoms with Crippen LogP contribution in [0.15, 0.2) is 24.3 Å². The van der Waals surface area contributed by atoms with Crippen molar-refractivity contribution in [2.45, 2.75) is 32.7 Å². The van der Waals surface area contributed by atoms with Gasteiger partial charge in [-0.3, -0.25) is 9.59 Å². The van der Waals surface area contributed by atoms with Crippen molar-refractivity contribution < 1.29 is 19.1 Å². The maximum absolute atomic E-state index is 13.2. The minimum absolute atomic E-state index is 0.0227. The molecule has 114 valence electrons. The zero-order valence-electron chi connectivity index (χ0n) is 12.1. The molecule has 1 aliphatic carbocycles. The summed E-state index contributed by atoms with van der Waals surface area (Å²) in [5.74, 6) is -1.79. The van der Waals surface area contributed by atoms with E-state index in [-0.39, 0.29) is 17.6 Å². The molecular weight excluding hydrogens is 273 g/mol. The number of carbonyl (C=O) groups is 2. The lowest BCUT2D eigenvalue weighted by atomic mass is 10.0. The van der Waals surface area contributed by atoms with E-state index in [1.54, 1.807) is 17.0 Å². The average molecular weight is 293 g/mol. The Morgan fingerprint density at radius 1 is 1.33 bits per heavy atom. The molecule has 1 aromatic carbocycles. The maximum Gasteiger partial charge on any atom is 0.306 e. The van der Waals surface area contributed by atoms with Gasteiger partial charge in [-0.1, -0.05) is 12.1 Å². The molecule has 0 aliphatic heterocycles. The highest BCUT2D eigenvalue weighted by atomic mass is 19.1. The van der Waals surface area contributed by atoms with Crippen molar-refractivity contribution >= 4 is 11.9 Å². The van der Waals surface area contributed by atoms with E-state index in [0.29, 0.717) is 32.4 Å². The van der Waals surface area contributed by atoms with E-state index in [2.05, 4.69) is 0 Å². The Labute approximate surface area is 123 Å². The summed E-state index contributed by atoms with van der Waals surface area (Å²) >= 11 is 0. The summed E-state index contributed by atoms with van der Waals surface area (Å²) in [6.45, 7) is 2.77. The first kappa shape index (κ1) is 15.5. The Hall–Kier alpha value is -1.91. The van der Waals surface area contributed by atoms with Gasteiger partial charge in [0, 0.05) is 19.0 Å². The number of amides is 1. The summed E-state index contributed by atoms with van der Waals surface area (Å²) < 4.78 is 13.2. The van der Waals surface area contributed by atoms with Gasteiger partial charge in [-0.15, -0.1) is 0 Å². The predicted octanol–water partition coefficient (Wildman–Crippen LogP) is 2.68. The van der Waals surface area contributed by atoms with Crippen LogP contribution in [-0.4, -0.2) is 28.4 Å². The summed E-state index contributed by atoms with van der Waals surface area (Å²) in [5.41, 5.74) is 0.748. The molecule has 21 heavy (non-hydrogen) atoms. The molecule has 1 amide bonds. The molecule has 0 saturated heterocycles. The summed E-state index contributed by atoms with van der Waals surface area (Å²) in [7, 11) is 0. The van der Waals surface area contributed by atoms with E-state index in [1.165, 1.54) is 12.1 Å². The van der Waals surface area contributed by atoms with Crippen molar-refractivity contribution in [1.82, 2.24) is 4.90 Å². The minimum atomic E-state index is -0.821. The first-order valence-corrected chi connectivity index (χ1v) is 7.27. The van der Waals surface area contributed by atoms with E-state index in [1.807, 2.05) is 6.92 Å². The molecule has 0 bridgehead atoms. The van der Waals surface area contributed by atoms with Crippen LogP contribution >= 0.6 is 0 Å². The van der Waals surface area contributed by atoms with Gasteiger partial charge >= 0.3 is 5.97 Å². The van der Waals surface area contributed by atoms with Crippen LogP contribution in [0.4, 0.5) is 4.39 Å². The van der Waals surface area contributed by atoms with Gasteiger partial charge in [0.25, 0.3) is 0 Å². The molecule has 1 N–H and O–H groups in total.